The van der Waals surface area contributed by atoms with Crippen molar-refractivity contribution in [2.45, 2.75) is 57.5 Å². The summed E-state index contributed by atoms with van der Waals surface area (Å²) in [5.74, 6) is 1.92. The molecule has 1 aliphatic carbocycles. The summed E-state index contributed by atoms with van der Waals surface area (Å²) in [7, 11) is 3.29. The molecule has 1 unspecified atom stereocenters. The molecule has 0 aromatic heterocycles. The molecule has 0 heterocycles. The van der Waals surface area contributed by atoms with Gasteiger partial charge in [0.15, 0.2) is 11.5 Å². The first-order chi connectivity index (χ1) is 10.2. The molecular weight excluding hydrogens is 264 g/mol. The van der Waals surface area contributed by atoms with E-state index in [1.165, 1.54) is 32.1 Å². The van der Waals surface area contributed by atoms with Gasteiger partial charge in [0.1, 0.15) is 0 Å². The average Bonchev–Trinajstić information content (AvgIpc) is 2.46. The van der Waals surface area contributed by atoms with E-state index in [1.807, 2.05) is 18.2 Å². The number of aliphatic hydroxyl groups is 1. The second-order valence-electron chi connectivity index (χ2n) is 6.07. The molecule has 1 saturated carbocycles. The zero-order chi connectivity index (χ0) is 15.1. The molecule has 0 radical (unpaired) electrons. The molecule has 0 spiro atoms. The van der Waals surface area contributed by atoms with E-state index < -0.39 is 0 Å². The Morgan fingerprint density at radius 2 is 1.62 bits per heavy atom. The van der Waals surface area contributed by atoms with Gasteiger partial charge >= 0.3 is 0 Å². The van der Waals surface area contributed by atoms with E-state index in [0.29, 0.717) is 12.3 Å². The first-order valence-corrected chi connectivity index (χ1v) is 8.13. The third-order valence-corrected chi connectivity index (χ3v) is 4.59. The lowest BCUT2D eigenvalue weighted by atomic mass is 9.85. The predicted octanol–water partition coefficient (Wildman–Crippen LogP) is 3.97. The van der Waals surface area contributed by atoms with Gasteiger partial charge in [-0.05, 0) is 42.9 Å². The Labute approximate surface area is 128 Å². The summed E-state index contributed by atoms with van der Waals surface area (Å²) in [4.78, 5) is 0. The predicted molar refractivity (Wildman–Crippen MR) is 85.1 cm³/mol. The van der Waals surface area contributed by atoms with Crippen molar-refractivity contribution in [1.82, 2.24) is 0 Å². The molecule has 0 saturated heterocycles. The van der Waals surface area contributed by atoms with Gasteiger partial charge in [0.2, 0.25) is 0 Å². The highest BCUT2D eigenvalue weighted by molar-refractivity contribution is 5.43. The van der Waals surface area contributed by atoms with Crippen molar-refractivity contribution in [2.75, 3.05) is 14.2 Å². The zero-order valence-electron chi connectivity index (χ0n) is 13.3. The molecule has 3 nitrogen and oxygen atoms in total. The van der Waals surface area contributed by atoms with Crippen LogP contribution < -0.4 is 9.47 Å². The molecule has 2 rings (SSSR count). The SMILES string of the molecule is COc1ccc(CC(O)C2CCCCCCC2)cc1OC. The molecule has 1 aromatic rings. The van der Waals surface area contributed by atoms with Crippen molar-refractivity contribution in [1.29, 1.82) is 0 Å². The summed E-state index contributed by atoms with van der Waals surface area (Å²) in [5, 5.41) is 10.6. The summed E-state index contributed by atoms with van der Waals surface area (Å²) in [6.07, 6.45) is 9.29. The molecule has 1 fully saturated rings. The van der Waals surface area contributed by atoms with Crippen LogP contribution in [0.2, 0.25) is 0 Å². The maximum atomic E-state index is 10.6. The topological polar surface area (TPSA) is 38.7 Å². The van der Waals surface area contributed by atoms with Crippen LogP contribution in [0.5, 0.6) is 11.5 Å². The highest BCUT2D eigenvalue weighted by Gasteiger charge is 2.20. The van der Waals surface area contributed by atoms with E-state index in [-0.39, 0.29) is 6.10 Å². The molecular formula is C18H28O3. The van der Waals surface area contributed by atoms with Crippen LogP contribution in [0.4, 0.5) is 0 Å². The molecule has 1 aliphatic rings. The quantitative estimate of drug-likeness (QED) is 0.892. The van der Waals surface area contributed by atoms with E-state index in [0.717, 1.165) is 29.9 Å². The number of ether oxygens (including phenoxy) is 2. The van der Waals surface area contributed by atoms with Crippen molar-refractivity contribution < 1.29 is 14.6 Å². The summed E-state index contributed by atoms with van der Waals surface area (Å²) in [5.41, 5.74) is 1.11. The summed E-state index contributed by atoms with van der Waals surface area (Å²) < 4.78 is 10.6. The van der Waals surface area contributed by atoms with E-state index in [1.54, 1.807) is 14.2 Å². The summed E-state index contributed by atoms with van der Waals surface area (Å²) in [6.45, 7) is 0. The lowest BCUT2D eigenvalue weighted by Gasteiger charge is -2.25. The summed E-state index contributed by atoms with van der Waals surface area (Å²) in [6, 6.07) is 5.91. The van der Waals surface area contributed by atoms with Crippen LogP contribution in [0.15, 0.2) is 18.2 Å². The molecule has 1 aromatic carbocycles. The maximum Gasteiger partial charge on any atom is 0.160 e. The fraction of sp³-hybridized carbons (Fsp3) is 0.667. The molecule has 21 heavy (non-hydrogen) atoms. The van der Waals surface area contributed by atoms with Crippen LogP contribution in [0, 0.1) is 5.92 Å². The Morgan fingerprint density at radius 3 is 2.24 bits per heavy atom. The second kappa shape index (κ2) is 8.28. The minimum absolute atomic E-state index is 0.249. The highest BCUT2D eigenvalue weighted by Crippen LogP contribution is 2.30. The van der Waals surface area contributed by atoms with Crippen LogP contribution >= 0.6 is 0 Å². The van der Waals surface area contributed by atoms with Crippen molar-refractivity contribution in [2.24, 2.45) is 5.92 Å². The molecule has 118 valence electrons. The van der Waals surface area contributed by atoms with Crippen molar-refractivity contribution >= 4 is 0 Å². The number of benzene rings is 1. The summed E-state index contributed by atoms with van der Waals surface area (Å²) >= 11 is 0. The Morgan fingerprint density at radius 1 is 1.00 bits per heavy atom. The van der Waals surface area contributed by atoms with Gasteiger partial charge in [-0.15, -0.1) is 0 Å². The van der Waals surface area contributed by atoms with Crippen LogP contribution in [-0.2, 0) is 6.42 Å². The monoisotopic (exact) mass is 292 g/mol. The van der Waals surface area contributed by atoms with Crippen LogP contribution in [0.1, 0.15) is 50.5 Å². The molecule has 1 N–H and O–H groups in total. The maximum absolute atomic E-state index is 10.6. The van der Waals surface area contributed by atoms with Gasteiger partial charge in [0.25, 0.3) is 0 Å². The molecule has 1 atom stereocenters. The fourth-order valence-electron chi connectivity index (χ4n) is 3.29. The van der Waals surface area contributed by atoms with Gasteiger partial charge in [-0.1, -0.05) is 38.2 Å². The standard InChI is InChI=1S/C18H28O3/c1-20-17-11-10-14(13-18(17)21-2)12-16(19)15-8-6-4-3-5-7-9-15/h10-11,13,15-16,19H,3-9,12H2,1-2H3. The smallest absolute Gasteiger partial charge is 0.160 e. The Kier molecular flexibility index (Phi) is 6.37. The largest absolute Gasteiger partial charge is 0.493 e. The van der Waals surface area contributed by atoms with Gasteiger partial charge < -0.3 is 14.6 Å². The van der Waals surface area contributed by atoms with Crippen LogP contribution in [0.25, 0.3) is 0 Å². The van der Waals surface area contributed by atoms with Gasteiger partial charge in [-0.3, -0.25) is 0 Å². The van der Waals surface area contributed by atoms with Crippen molar-refractivity contribution in [3.05, 3.63) is 23.8 Å². The fourth-order valence-corrected chi connectivity index (χ4v) is 3.29. The number of hydrogen-bond acceptors (Lipinski definition) is 3. The number of aliphatic hydroxyl groups excluding tert-OH is 1. The molecule has 0 amide bonds. The Balaban J connectivity index is 1.99. The lowest BCUT2D eigenvalue weighted by Crippen LogP contribution is -2.23. The first kappa shape index (κ1) is 16.2. The molecule has 0 bridgehead atoms. The van der Waals surface area contributed by atoms with Gasteiger partial charge in [-0.25, -0.2) is 0 Å². The van der Waals surface area contributed by atoms with Gasteiger partial charge in [-0.2, -0.15) is 0 Å². The third-order valence-electron chi connectivity index (χ3n) is 4.59. The minimum Gasteiger partial charge on any atom is -0.493 e. The zero-order valence-corrected chi connectivity index (χ0v) is 13.3. The third kappa shape index (κ3) is 4.63. The Bertz CT molecular complexity index is 422. The number of hydrogen-bond donors (Lipinski definition) is 1. The van der Waals surface area contributed by atoms with Crippen molar-refractivity contribution in [3.8, 4) is 11.5 Å². The minimum atomic E-state index is -0.249. The number of methoxy groups -OCH3 is 2. The van der Waals surface area contributed by atoms with Crippen LogP contribution in [0.3, 0.4) is 0 Å². The average molecular weight is 292 g/mol. The second-order valence-corrected chi connectivity index (χ2v) is 6.07. The van der Waals surface area contributed by atoms with Gasteiger partial charge in [0.05, 0.1) is 20.3 Å². The van der Waals surface area contributed by atoms with E-state index in [9.17, 15) is 5.11 Å². The molecule has 3 heteroatoms. The lowest BCUT2D eigenvalue weighted by molar-refractivity contribution is 0.0913. The van der Waals surface area contributed by atoms with E-state index in [2.05, 4.69) is 0 Å². The highest BCUT2D eigenvalue weighted by atomic mass is 16.5. The van der Waals surface area contributed by atoms with Crippen molar-refractivity contribution in [3.63, 3.8) is 0 Å². The first-order valence-electron chi connectivity index (χ1n) is 8.13. The normalized spacial score (nSPS) is 18.6. The van der Waals surface area contributed by atoms with E-state index >= 15 is 0 Å². The molecule has 0 aliphatic heterocycles. The number of rotatable bonds is 5. The van der Waals surface area contributed by atoms with E-state index in [4.69, 9.17) is 9.47 Å². The van der Waals surface area contributed by atoms with Crippen LogP contribution in [-0.4, -0.2) is 25.4 Å². The van der Waals surface area contributed by atoms with Gasteiger partial charge in [0, 0.05) is 0 Å². The Hall–Kier alpha value is -1.22.